The van der Waals surface area contributed by atoms with Crippen LogP contribution in [0.15, 0.2) is 48.9 Å². The van der Waals surface area contributed by atoms with Crippen LogP contribution in [0, 0.1) is 17.2 Å². The number of hydrogen-bond acceptors (Lipinski definition) is 6. The van der Waals surface area contributed by atoms with Crippen molar-refractivity contribution in [3.63, 3.8) is 0 Å². The molecule has 3 aliphatic heterocycles. The van der Waals surface area contributed by atoms with Crippen LogP contribution in [-0.4, -0.2) is 72.4 Å². The van der Waals surface area contributed by atoms with Gasteiger partial charge < -0.3 is 19.5 Å². The Morgan fingerprint density at radius 3 is 2.58 bits per heavy atom. The summed E-state index contributed by atoms with van der Waals surface area (Å²) < 4.78 is 30.4. The van der Waals surface area contributed by atoms with E-state index in [-0.39, 0.29) is 49.7 Å². The monoisotopic (exact) mass is 585 g/mol. The lowest BCUT2D eigenvalue weighted by atomic mass is 9.96. The Morgan fingerprint density at radius 1 is 1.07 bits per heavy atom. The van der Waals surface area contributed by atoms with Gasteiger partial charge in [0.1, 0.15) is 5.65 Å². The summed E-state index contributed by atoms with van der Waals surface area (Å²) >= 11 is 0. The minimum atomic E-state index is -3.77. The van der Waals surface area contributed by atoms with Crippen LogP contribution in [0.4, 0.5) is 13.6 Å². The number of fused-ring (bicyclic) bond motifs is 1. The summed E-state index contributed by atoms with van der Waals surface area (Å²) in [5.41, 5.74) is 3.66. The van der Waals surface area contributed by atoms with E-state index in [4.69, 9.17) is 5.11 Å². The normalized spacial score (nSPS) is 18.0. The molecule has 4 amide bonds. The van der Waals surface area contributed by atoms with E-state index in [2.05, 4.69) is 16.4 Å². The number of likely N-dealkylation sites (tertiary alicyclic amines) is 1. The van der Waals surface area contributed by atoms with Crippen LogP contribution >= 0.6 is 0 Å². The van der Waals surface area contributed by atoms with Crippen molar-refractivity contribution in [3.8, 4) is 6.07 Å². The first-order valence-electron chi connectivity index (χ1n) is 13.9. The van der Waals surface area contributed by atoms with E-state index in [1.54, 1.807) is 52.2 Å². The summed E-state index contributed by atoms with van der Waals surface area (Å²) in [6, 6.07) is 10.6. The molecule has 1 aromatic carbocycles. The van der Waals surface area contributed by atoms with E-state index >= 15 is 0 Å². The number of rotatable bonds is 3. The van der Waals surface area contributed by atoms with Gasteiger partial charge in [0.05, 0.1) is 46.1 Å². The molecular weight excluding hydrogens is 560 g/mol. The van der Waals surface area contributed by atoms with Crippen molar-refractivity contribution < 1.29 is 28.3 Å². The number of carbonyl (C=O) groups excluding carboxylic acids is 3. The number of aromatic nitrogens is 3. The lowest BCUT2D eigenvalue weighted by Crippen LogP contribution is -2.48. The standard InChI is InChI=1S/C30H25F2N7O4/c31-30(32,43)19-4-7-36(8-5-19)29(42)38-10-9-37-16-21(20-12-17(13-33)11-18(15-38)26(20)37)24-25(28(41)35-27(24)40)22-14-34-23-3-1-2-6-39(22)23/h1-3,6,11-12,14,16,19,43H,4-5,7-10,15H2,(H,35,40,41). The summed E-state index contributed by atoms with van der Waals surface area (Å²) in [5, 5.41) is 22.0. The lowest BCUT2D eigenvalue weighted by molar-refractivity contribution is -0.244. The molecule has 6 heterocycles. The minimum Gasteiger partial charge on any atom is -0.345 e. The van der Waals surface area contributed by atoms with Crippen LogP contribution < -0.4 is 5.32 Å². The molecule has 2 N–H and O–H groups in total. The first-order valence-corrected chi connectivity index (χ1v) is 13.9. The zero-order valence-corrected chi connectivity index (χ0v) is 22.8. The smallest absolute Gasteiger partial charge is 0.345 e. The van der Waals surface area contributed by atoms with Crippen LogP contribution in [0.25, 0.3) is 27.7 Å². The molecule has 0 aliphatic carbocycles. The summed E-state index contributed by atoms with van der Waals surface area (Å²) in [7, 11) is 0. The molecule has 4 aromatic rings. The molecule has 1 fully saturated rings. The summed E-state index contributed by atoms with van der Waals surface area (Å²) in [6.07, 6.45) is 1.29. The average Bonchev–Trinajstić information content (AvgIpc) is 3.62. The quantitative estimate of drug-likeness (QED) is 0.355. The molecule has 11 nitrogen and oxygen atoms in total. The number of benzene rings is 1. The number of aliphatic hydroxyl groups is 1. The summed E-state index contributed by atoms with van der Waals surface area (Å²) in [6.45, 7) is 1.01. The van der Waals surface area contributed by atoms with Gasteiger partial charge in [-0.2, -0.15) is 14.0 Å². The van der Waals surface area contributed by atoms with Gasteiger partial charge in [0.25, 0.3) is 11.8 Å². The molecule has 0 spiro atoms. The van der Waals surface area contributed by atoms with Gasteiger partial charge in [-0.3, -0.25) is 19.3 Å². The number of piperidine rings is 1. The van der Waals surface area contributed by atoms with Gasteiger partial charge >= 0.3 is 12.1 Å². The third kappa shape index (κ3) is 4.33. The van der Waals surface area contributed by atoms with Crippen molar-refractivity contribution >= 4 is 45.5 Å². The Morgan fingerprint density at radius 2 is 1.84 bits per heavy atom. The average molecular weight is 586 g/mol. The number of carbonyl (C=O) groups is 3. The van der Waals surface area contributed by atoms with Crippen molar-refractivity contribution in [3.05, 3.63) is 71.3 Å². The number of pyridine rings is 1. The van der Waals surface area contributed by atoms with Crippen molar-refractivity contribution in [1.29, 1.82) is 5.26 Å². The maximum atomic E-state index is 13.5. The molecule has 0 radical (unpaired) electrons. The summed E-state index contributed by atoms with van der Waals surface area (Å²) in [4.78, 5) is 47.4. The maximum absolute atomic E-state index is 13.5. The molecule has 3 aliphatic rings. The molecule has 3 aromatic heterocycles. The SMILES string of the molecule is N#Cc1cc2c3c(c1)c(C1=C(c4cnc5ccccn45)C(=O)NC1=O)cn3CCN(C(=O)N1CCC(C(O)(F)F)CC1)C2. The molecular formula is C30H25F2N7O4. The topological polar surface area (TPSA) is 136 Å². The van der Waals surface area contributed by atoms with Crippen LogP contribution in [0.3, 0.4) is 0 Å². The van der Waals surface area contributed by atoms with Gasteiger partial charge in [-0.25, -0.2) is 9.78 Å². The first kappa shape index (κ1) is 26.8. The molecule has 218 valence electrons. The third-order valence-corrected chi connectivity index (χ3v) is 8.55. The van der Waals surface area contributed by atoms with Crippen molar-refractivity contribution in [2.24, 2.45) is 5.92 Å². The highest BCUT2D eigenvalue weighted by molar-refractivity contribution is 6.49. The second-order valence-electron chi connectivity index (χ2n) is 11.0. The molecule has 0 unspecified atom stereocenters. The number of amides is 4. The second kappa shape index (κ2) is 9.74. The number of urea groups is 1. The van der Waals surface area contributed by atoms with Crippen molar-refractivity contribution in [2.75, 3.05) is 19.6 Å². The number of alkyl halides is 2. The number of imidazole rings is 1. The minimum absolute atomic E-state index is 0.00861. The Kier molecular flexibility index (Phi) is 6.07. The third-order valence-electron chi connectivity index (χ3n) is 8.55. The Bertz CT molecular complexity index is 1920. The number of nitrogens with zero attached hydrogens (tertiary/aromatic N) is 6. The molecule has 13 heteroatoms. The molecule has 0 bridgehead atoms. The fraction of sp³-hybridized carbons (Fsp3) is 0.300. The van der Waals surface area contributed by atoms with E-state index in [0.717, 1.165) is 5.52 Å². The highest BCUT2D eigenvalue weighted by atomic mass is 19.3. The number of halogens is 2. The van der Waals surface area contributed by atoms with Crippen LogP contribution in [0.1, 0.15) is 35.2 Å². The van der Waals surface area contributed by atoms with E-state index in [1.165, 1.54) is 4.90 Å². The van der Waals surface area contributed by atoms with Gasteiger partial charge in [-0.15, -0.1) is 0 Å². The zero-order valence-electron chi connectivity index (χ0n) is 22.8. The van der Waals surface area contributed by atoms with E-state index in [9.17, 15) is 28.4 Å². The Hall–Kier alpha value is -5.09. The molecule has 1 saturated heterocycles. The first-order chi connectivity index (χ1) is 20.6. The molecule has 0 atom stereocenters. The number of imide groups is 1. The summed E-state index contributed by atoms with van der Waals surface area (Å²) in [5.74, 6) is -2.29. The number of nitrogens with one attached hydrogen (secondary N) is 1. The highest BCUT2D eigenvalue weighted by Gasteiger charge is 2.41. The molecule has 43 heavy (non-hydrogen) atoms. The van der Waals surface area contributed by atoms with E-state index < -0.39 is 23.8 Å². The van der Waals surface area contributed by atoms with Gasteiger partial charge in [0.2, 0.25) is 0 Å². The Balaban J connectivity index is 1.29. The van der Waals surface area contributed by atoms with Crippen LogP contribution in [0.2, 0.25) is 0 Å². The predicted octanol–water partition coefficient (Wildman–Crippen LogP) is 2.96. The largest absolute Gasteiger partial charge is 0.356 e. The van der Waals surface area contributed by atoms with Gasteiger partial charge in [0.15, 0.2) is 0 Å². The van der Waals surface area contributed by atoms with Gasteiger partial charge in [-0.05, 0) is 42.7 Å². The van der Waals surface area contributed by atoms with Crippen molar-refractivity contribution in [2.45, 2.75) is 32.0 Å². The van der Waals surface area contributed by atoms with E-state index in [1.807, 2.05) is 10.6 Å². The fourth-order valence-electron chi connectivity index (χ4n) is 6.46. The maximum Gasteiger partial charge on any atom is 0.356 e. The highest BCUT2D eigenvalue weighted by Crippen LogP contribution is 2.39. The van der Waals surface area contributed by atoms with Gasteiger partial charge in [-0.1, -0.05) is 6.07 Å². The second-order valence-corrected chi connectivity index (χ2v) is 11.0. The van der Waals surface area contributed by atoms with Crippen LogP contribution in [0.5, 0.6) is 0 Å². The molecule has 7 rings (SSSR count). The van der Waals surface area contributed by atoms with Gasteiger partial charge in [0, 0.05) is 56.1 Å². The zero-order chi connectivity index (χ0) is 30.0. The lowest BCUT2D eigenvalue weighted by Gasteiger charge is -2.36. The fourth-order valence-corrected chi connectivity index (χ4v) is 6.46. The van der Waals surface area contributed by atoms with E-state index in [0.29, 0.717) is 46.5 Å². The molecule has 0 saturated carbocycles. The number of hydrogen-bond donors (Lipinski definition) is 2. The number of nitriles is 1. The predicted molar refractivity (Wildman–Crippen MR) is 149 cm³/mol. The Labute approximate surface area is 243 Å². The van der Waals surface area contributed by atoms with Crippen LogP contribution in [-0.2, 0) is 22.7 Å². The van der Waals surface area contributed by atoms with Crippen molar-refractivity contribution in [1.82, 2.24) is 29.1 Å².